The number of nitrogens with zero attached hydrogens (tertiary/aromatic N) is 1. The molecule has 0 saturated carbocycles. The summed E-state index contributed by atoms with van der Waals surface area (Å²) in [6.07, 6.45) is -1.80. The zero-order valence-electron chi connectivity index (χ0n) is 19.9. The second-order valence-corrected chi connectivity index (χ2v) is 9.84. The molecule has 0 bridgehead atoms. The molecule has 8 heteroatoms. The van der Waals surface area contributed by atoms with E-state index in [0.29, 0.717) is 19.4 Å². The van der Waals surface area contributed by atoms with E-state index in [4.69, 9.17) is 9.47 Å². The Kier molecular flexibility index (Phi) is 6.30. The third kappa shape index (κ3) is 3.91. The minimum atomic E-state index is -4.89. The summed E-state index contributed by atoms with van der Waals surface area (Å²) in [7, 11) is 0.961. The molecule has 1 amide bonds. The summed E-state index contributed by atoms with van der Waals surface area (Å²) in [5.41, 5.74) is -0.909. The molecule has 0 radical (unpaired) electrons. The predicted molar refractivity (Wildman–Crippen MR) is 125 cm³/mol. The number of halogens is 3. The number of amides is 1. The standard InChI is InChI=1S/C27H31F3N2O3/c1-34-26(27(28,29)30,20-7-3-2-4-8-20)24(33)32-15-12-25(13-16-32)11-14-31-18-22(25)21-9-5-6-19-10-17-35-23(19)21/h2-9,22,31H,10-18H2,1H3/t22?,26-/m1/s1. The topological polar surface area (TPSA) is 50.8 Å². The monoisotopic (exact) mass is 488 g/mol. The van der Waals surface area contributed by atoms with E-state index in [9.17, 15) is 18.0 Å². The van der Waals surface area contributed by atoms with Gasteiger partial charge >= 0.3 is 6.18 Å². The highest BCUT2D eigenvalue weighted by molar-refractivity contribution is 5.88. The average molecular weight is 489 g/mol. The highest BCUT2D eigenvalue weighted by atomic mass is 19.4. The van der Waals surface area contributed by atoms with Crippen LogP contribution in [0.3, 0.4) is 0 Å². The average Bonchev–Trinajstić information content (AvgIpc) is 3.35. The Morgan fingerprint density at radius 2 is 1.83 bits per heavy atom. The zero-order chi connectivity index (χ0) is 24.7. The summed E-state index contributed by atoms with van der Waals surface area (Å²) in [5.74, 6) is 0.118. The summed E-state index contributed by atoms with van der Waals surface area (Å²) in [6, 6.07) is 13.5. The number of hydrogen-bond donors (Lipinski definition) is 1. The maximum Gasteiger partial charge on any atom is 0.430 e. The Hall–Kier alpha value is -2.58. The fourth-order valence-corrected chi connectivity index (χ4v) is 6.31. The Labute approximate surface area is 203 Å². The number of para-hydroxylation sites is 1. The Balaban J connectivity index is 1.42. The lowest BCUT2D eigenvalue weighted by molar-refractivity contribution is -0.271. The molecule has 188 valence electrons. The molecule has 3 aliphatic rings. The lowest BCUT2D eigenvalue weighted by atomic mass is 9.62. The molecule has 0 aliphatic carbocycles. The van der Waals surface area contributed by atoms with Crippen molar-refractivity contribution in [3.8, 4) is 5.75 Å². The van der Waals surface area contributed by atoms with Gasteiger partial charge < -0.3 is 19.7 Å². The summed E-state index contributed by atoms with van der Waals surface area (Å²) in [6.45, 7) is 2.85. The van der Waals surface area contributed by atoms with Crippen LogP contribution in [0.4, 0.5) is 13.2 Å². The van der Waals surface area contributed by atoms with Crippen molar-refractivity contribution in [1.82, 2.24) is 10.2 Å². The first kappa shape index (κ1) is 24.1. The van der Waals surface area contributed by atoms with E-state index in [2.05, 4.69) is 23.5 Å². The van der Waals surface area contributed by atoms with Crippen molar-refractivity contribution in [2.24, 2.45) is 5.41 Å². The van der Waals surface area contributed by atoms with Gasteiger partial charge in [-0.1, -0.05) is 48.5 Å². The van der Waals surface area contributed by atoms with Crippen LogP contribution in [0.15, 0.2) is 48.5 Å². The van der Waals surface area contributed by atoms with Gasteiger partial charge in [0.05, 0.1) is 6.61 Å². The van der Waals surface area contributed by atoms with Crippen molar-refractivity contribution < 1.29 is 27.4 Å². The SMILES string of the molecule is CO[C@@](C(=O)N1CCC2(CCNCC2c2cccc3c2OCC3)CC1)(c1ccccc1)C(F)(F)F. The fraction of sp³-hybridized carbons (Fsp3) is 0.519. The number of ether oxygens (including phenoxy) is 2. The first-order valence-electron chi connectivity index (χ1n) is 12.2. The van der Waals surface area contributed by atoms with Gasteiger partial charge in [0, 0.05) is 44.6 Å². The minimum Gasteiger partial charge on any atom is -0.493 e. The number of piperidine rings is 2. The molecule has 2 saturated heterocycles. The number of methoxy groups -OCH3 is 1. The number of rotatable bonds is 4. The van der Waals surface area contributed by atoms with Crippen LogP contribution in [0.25, 0.3) is 0 Å². The molecule has 3 heterocycles. The zero-order valence-corrected chi connectivity index (χ0v) is 19.9. The van der Waals surface area contributed by atoms with Crippen LogP contribution in [-0.2, 0) is 21.6 Å². The molecule has 2 atom stereocenters. The van der Waals surface area contributed by atoms with Crippen LogP contribution >= 0.6 is 0 Å². The van der Waals surface area contributed by atoms with Gasteiger partial charge in [-0.05, 0) is 42.3 Å². The molecular weight excluding hydrogens is 457 g/mol. The molecule has 35 heavy (non-hydrogen) atoms. The van der Waals surface area contributed by atoms with Crippen LogP contribution in [0.5, 0.6) is 5.75 Å². The van der Waals surface area contributed by atoms with Gasteiger partial charge in [-0.2, -0.15) is 13.2 Å². The number of alkyl halides is 3. The van der Waals surface area contributed by atoms with E-state index in [1.54, 1.807) is 6.07 Å². The second-order valence-electron chi connectivity index (χ2n) is 9.84. The van der Waals surface area contributed by atoms with E-state index >= 15 is 0 Å². The minimum absolute atomic E-state index is 0.0934. The first-order chi connectivity index (χ1) is 16.8. The van der Waals surface area contributed by atoms with Crippen molar-refractivity contribution in [2.45, 2.75) is 43.4 Å². The number of carbonyl (C=O) groups is 1. The Morgan fingerprint density at radius 1 is 1.09 bits per heavy atom. The fourth-order valence-electron chi connectivity index (χ4n) is 6.31. The molecule has 3 aliphatic heterocycles. The van der Waals surface area contributed by atoms with Crippen molar-refractivity contribution in [2.75, 3.05) is 39.9 Å². The van der Waals surface area contributed by atoms with E-state index < -0.39 is 17.7 Å². The maximum atomic E-state index is 14.4. The molecule has 2 fully saturated rings. The second kappa shape index (κ2) is 9.13. The van der Waals surface area contributed by atoms with E-state index in [-0.39, 0.29) is 30.0 Å². The summed E-state index contributed by atoms with van der Waals surface area (Å²) in [5, 5.41) is 3.50. The molecule has 1 spiro atoms. The maximum absolute atomic E-state index is 14.4. The molecule has 0 aromatic heterocycles. The molecule has 2 aromatic rings. The smallest absolute Gasteiger partial charge is 0.430 e. The van der Waals surface area contributed by atoms with Crippen LogP contribution in [0.2, 0.25) is 0 Å². The molecule has 5 nitrogen and oxygen atoms in total. The van der Waals surface area contributed by atoms with Crippen LogP contribution < -0.4 is 10.1 Å². The number of likely N-dealkylation sites (tertiary alicyclic amines) is 1. The van der Waals surface area contributed by atoms with Gasteiger partial charge in [0.25, 0.3) is 11.5 Å². The number of benzene rings is 2. The van der Waals surface area contributed by atoms with Crippen LogP contribution in [-0.4, -0.2) is 56.9 Å². The normalized spacial score (nSPS) is 23.4. The van der Waals surface area contributed by atoms with E-state index in [0.717, 1.165) is 38.8 Å². The highest BCUT2D eigenvalue weighted by Gasteiger charge is 2.64. The van der Waals surface area contributed by atoms with Gasteiger partial charge in [-0.3, -0.25) is 4.79 Å². The van der Waals surface area contributed by atoms with Gasteiger partial charge in [0.15, 0.2) is 0 Å². The van der Waals surface area contributed by atoms with Gasteiger partial charge in [0.1, 0.15) is 5.75 Å². The predicted octanol–water partition coefficient (Wildman–Crippen LogP) is 4.41. The number of hydrogen-bond acceptors (Lipinski definition) is 4. The van der Waals surface area contributed by atoms with Gasteiger partial charge in [-0.25, -0.2) is 0 Å². The molecule has 1 unspecified atom stereocenters. The quantitative estimate of drug-likeness (QED) is 0.693. The van der Waals surface area contributed by atoms with Crippen molar-refractivity contribution in [3.05, 3.63) is 65.2 Å². The van der Waals surface area contributed by atoms with E-state index in [1.165, 1.54) is 40.3 Å². The lowest BCUT2D eigenvalue weighted by Gasteiger charge is -2.51. The van der Waals surface area contributed by atoms with Gasteiger partial charge in [-0.15, -0.1) is 0 Å². The summed E-state index contributed by atoms with van der Waals surface area (Å²) >= 11 is 0. The number of fused-ring (bicyclic) bond motifs is 1. The van der Waals surface area contributed by atoms with Crippen molar-refractivity contribution in [3.63, 3.8) is 0 Å². The highest BCUT2D eigenvalue weighted by Crippen LogP contribution is 2.52. The largest absolute Gasteiger partial charge is 0.493 e. The van der Waals surface area contributed by atoms with Crippen LogP contribution in [0, 0.1) is 5.41 Å². The van der Waals surface area contributed by atoms with Crippen molar-refractivity contribution >= 4 is 5.91 Å². The molecule has 5 rings (SSSR count). The van der Waals surface area contributed by atoms with Crippen molar-refractivity contribution in [1.29, 1.82) is 0 Å². The summed E-state index contributed by atoms with van der Waals surface area (Å²) < 4.78 is 54.3. The first-order valence-corrected chi connectivity index (χ1v) is 12.2. The van der Waals surface area contributed by atoms with Crippen LogP contribution in [0.1, 0.15) is 41.9 Å². The third-order valence-electron chi connectivity index (χ3n) is 8.24. The summed E-state index contributed by atoms with van der Waals surface area (Å²) in [4.78, 5) is 14.9. The molecular formula is C27H31F3N2O3. The lowest BCUT2D eigenvalue weighted by Crippen LogP contribution is -2.59. The third-order valence-corrected chi connectivity index (χ3v) is 8.24. The molecule has 1 N–H and O–H groups in total. The number of carbonyl (C=O) groups excluding carboxylic acids is 1. The number of nitrogens with one attached hydrogen (secondary N) is 1. The Bertz CT molecular complexity index is 1070. The Morgan fingerprint density at radius 3 is 2.51 bits per heavy atom. The molecule has 2 aromatic carbocycles. The van der Waals surface area contributed by atoms with E-state index in [1.807, 2.05) is 0 Å². The van der Waals surface area contributed by atoms with Gasteiger partial charge in [0.2, 0.25) is 0 Å².